The van der Waals surface area contributed by atoms with Crippen LogP contribution in [0.15, 0.2) is 12.2 Å². The summed E-state index contributed by atoms with van der Waals surface area (Å²) in [7, 11) is 0. The van der Waals surface area contributed by atoms with Gasteiger partial charge in [0.15, 0.2) is 5.78 Å². The summed E-state index contributed by atoms with van der Waals surface area (Å²) in [6, 6.07) is 0. The van der Waals surface area contributed by atoms with Gasteiger partial charge in [-0.25, -0.2) is 0 Å². The van der Waals surface area contributed by atoms with Crippen molar-refractivity contribution < 1.29 is 9.90 Å². The van der Waals surface area contributed by atoms with Crippen molar-refractivity contribution in [1.82, 2.24) is 0 Å². The van der Waals surface area contributed by atoms with Crippen LogP contribution in [0, 0.1) is 38.9 Å². The van der Waals surface area contributed by atoms with E-state index in [1.54, 1.807) is 6.92 Å². The number of carbonyl (C=O) groups is 1. The Balaban J connectivity index is 6.40. The Bertz CT molecular complexity index is 802. The molecule has 0 aromatic heterocycles. The lowest BCUT2D eigenvalue weighted by atomic mass is 9.53. The number of carbonyl (C=O) groups excluding carboxylic acids is 1. The van der Waals surface area contributed by atoms with Crippen LogP contribution in [-0.2, 0) is 4.79 Å². The van der Waals surface area contributed by atoms with Gasteiger partial charge in [-0.2, -0.15) is 12.6 Å². The second kappa shape index (κ2) is 11.8. The van der Waals surface area contributed by atoms with Gasteiger partial charge >= 0.3 is 0 Å². The van der Waals surface area contributed by atoms with Gasteiger partial charge in [0.25, 0.3) is 0 Å². The van der Waals surface area contributed by atoms with Crippen molar-refractivity contribution in [2.75, 3.05) is 0 Å². The lowest BCUT2D eigenvalue weighted by molar-refractivity contribution is -0.165. The monoisotopic (exact) mass is 506 g/mol. The Morgan fingerprint density at radius 3 is 1.74 bits per heavy atom. The van der Waals surface area contributed by atoms with Crippen molar-refractivity contribution in [3.05, 3.63) is 12.2 Å². The van der Waals surface area contributed by atoms with E-state index in [-0.39, 0.29) is 26.8 Å². The van der Waals surface area contributed by atoms with Gasteiger partial charge < -0.3 is 5.11 Å². The molecule has 0 aromatic carbocycles. The molecular formula is C32H58O2S. The Kier molecular flexibility index (Phi) is 11.5. The van der Waals surface area contributed by atoms with E-state index >= 15 is 0 Å². The van der Waals surface area contributed by atoms with E-state index in [1.165, 1.54) is 0 Å². The fraction of sp³-hybridized carbons (Fsp3) is 0.844. The summed E-state index contributed by atoms with van der Waals surface area (Å²) in [5.74, 6) is 6.58. The molecule has 0 radical (unpaired) electrons. The second-order valence-corrected chi connectivity index (χ2v) is 15.2. The normalized spacial score (nSPS) is 20.2. The zero-order valence-corrected chi connectivity index (χ0v) is 26.6. The summed E-state index contributed by atoms with van der Waals surface area (Å²) in [5.41, 5.74) is -3.14. The van der Waals surface area contributed by atoms with Crippen molar-refractivity contribution in [2.24, 2.45) is 27.1 Å². The summed E-state index contributed by atoms with van der Waals surface area (Å²) >= 11 is 4.72. The first-order chi connectivity index (χ1) is 15.5. The molecule has 0 saturated heterocycles. The van der Waals surface area contributed by atoms with Gasteiger partial charge in [-0.1, -0.05) is 101 Å². The molecule has 0 aromatic rings. The van der Waals surface area contributed by atoms with E-state index in [1.807, 2.05) is 34.6 Å². The van der Waals surface area contributed by atoms with Crippen LogP contribution >= 0.6 is 12.6 Å². The van der Waals surface area contributed by atoms with Crippen molar-refractivity contribution in [3.8, 4) is 11.8 Å². The maximum atomic E-state index is 14.1. The zero-order chi connectivity index (χ0) is 28.1. The number of rotatable bonds is 14. The molecule has 0 aliphatic carbocycles. The highest BCUT2D eigenvalue weighted by atomic mass is 32.1. The molecule has 0 bridgehead atoms. The molecule has 3 heteroatoms. The Hall–Kier alpha value is -0.720. The van der Waals surface area contributed by atoms with Crippen LogP contribution < -0.4 is 0 Å². The van der Waals surface area contributed by atoms with Crippen molar-refractivity contribution >= 4 is 18.4 Å². The minimum absolute atomic E-state index is 0.0710. The minimum Gasteiger partial charge on any atom is -0.382 e. The van der Waals surface area contributed by atoms with Crippen LogP contribution in [-0.4, -0.2) is 21.2 Å². The third kappa shape index (κ3) is 8.39. The minimum atomic E-state index is -1.47. The number of allylic oxidation sites excluding steroid dienone is 2. The first-order valence-electron chi connectivity index (χ1n) is 13.6. The van der Waals surface area contributed by atoms with E-state index in [9.17, 15) is 9.90 Å². The number of aliphatic hydroxyl groups is 1. The first-order valence-corrected chi connectivity index (χ1v) is 14.1. The number of Topliss-reactive ketones (excluding diaryl/α,β-unsaturated/α-hetero) is 1. The van der Waals surface area contributed by atoms with Crippen LogP contribution in [0.1, 0.15) is 135 Å². The Morgan fingerprint density at radius 2 is 1.37 bits per heavy atom. The second-order valence-electron chi connectivity index (χ2n) is 14.0. The fourth-order valence-electron chi connectivity index (χ4n) is 5.44. The van der Waals surface area contributed by atoms with Gasteiger partial charge in [0.2, 0.25) is 0 Å². The molecule has 0 rings (SSSR count). The van der Waals surface area contributed by atoms with Crippen LogP contribution in [0.5, 0.6) is 0 Å². The summed E-state index contributed by atoms with van der Waals surface area (Å²) in [5, 5.41) is 12.0. The average Bonchev–Trinajstić information content (AvgIpc) is 2.71. The third-order valence-electron chi connectivity index (χ3n) is 9.25. The maximum absolute atomic E-state index is 14.1. The summed E-state index contributed by atoms with van der Waals surface area (Å²) in [4.78, 5) is 14.1. The molecule has 4 unspecified atom stereocenters. The van der Waals surface area contributed by atoms with Crippen LogP contribution in [0.3, 0.4) is 0 Å². The van der Waals surface area contributed by atoms with Gasteiger partial charge in [0, 0.05) is 15.6 Å². The molecule has 0 fully saturated rings. The molecule has 0 heterocycles. The molecule has 204 valence electrons. The van der Waals surface area contributed by atoms with Crippen molar-refractivity contribution in [1.29, 1.82) is 0 Å². The van der Waals surface area contributed by atoms with E-state index < -0.39 is 16.4 Å². The van der Waals surface area contributed by atoms with Crippen LogP contribution in [0.4, 0.5) is 0 Å². The lowest BCUT2D eigenvalue weighted by Crippen LogP contribution is -2.58. The topological polar surface area (TPSA) is 37.3 Å². The van der Waals surface area contributed by atoms with Crippen LogP contribution in [0.2, 0.25) is 0 Å². The van der Waals surface area contributed by atoms with E-state index in [0.717, 1.165) is 12.8 Å². The zero-order valence-electron chi connectivity index (χ0n) is 25.7. The number of hydrogen-bond donors (Lipinski definition) is 2. The van der Waals surface area contributed by atoms with E-state index in [0.29, 0.717) is 25.7 Å². The number of thiol groups is 1. The first kappa shape index (κ1) is 34.3. The van der Waals surface area contributed by atoms with Crippen molar-refractivity contribution in [3.63, 3.8) is 0 Å². The summed E-state index contributed by atoms with van der Waals surface area (Å²) < 4.78 is -0.301. The van der Waals surface area contributed by atoms with E-state index in [4.69, 9.17) is 12.6 Å². The van der Waals surface area contributed by atoms with Gasteiger partial charge in [-0.3, -0.25) is 4.79 Å². The van der Waals surface area contributed by atoms with Crippen molar-refractivity contribution in [2.45, 2.75) is 146 Å². The molecule has 2 nitrogen and oxygen atoms in total. The third-order valence-corrected chi connectivity index (χ3v) is 9.41. The van der Waals surface area contributed by atoms with Gasteiger partial charge in [0.05, 0.1) is 5.41 Å². The standard InChI is InChI=1S/C32H58O2S/c1-15-20-31(13,22-19-21-26(5,6)16-2)27(7,8)23-30(12,18-4)32(14,34)25(33)29(11,17-3)24-28(9,10)35/h19,22,34-35H,16-18,21,23-24H2,1-14H3. The largest absolute Gasteiger partial charge is 0.382 e. The van der Waals surface area contributed by atoms with Crippen LogP contribution in [0.25, 0.3) is 0 Å². The highest BCUT2D eigenvalue weighted by Gasteiger charge is 2.56. The molecule has 0 amide bonds. The van der Waals surface area contributed by atoms with E-state index in [2.05, 4.69) is 79.4 Å². The molecule has 0 aliphatic rings. The number of ketones is 1. The van der Waals surface area contributed by atoms with Gasteiger partial charge in [0.1, 0.15) is 5.60 Å². The molecule has 35 heavy (non-hydrogen) atoms. The summed E-state index contributed by atoms with van der Waals surface area (Å²) in [6.45, 7) is 29.4. The Morgan fingerprint density at radius 1 is 0.857 bits per heavy atom. The number of hydrogen-bond acceptors (Lipinski definition) is 3. The predicted octanol–water partition coefficient (Wildman–Crippen LogP) is 9.07. The summed E-state index contributed by atoms with van der Waals surface area (Å²) in [6.07, 6.45) is 9.33. The molecular weight excluding hydrogens is 448 g/mol. The van der Waals surface area contributed by atoms with Gasteiger partial charge in [-0.15, -0.1) is 5.92 Å². The predicted molar refractivity (Wildman–Crippen MR) is 158 cm³/mol. The van der Waals surface area contributed by atoms with Gasteiger partial charge in [-0.05, 0) is 63.7 Å². The molecule has 0 saturated carbocycles. The Labute approximate surface area is 224 Å². The molecule has 0 spiro atoms. The SMILES string of the molecule is CC#CC(C)(C=CCC(C)(C)CC)C(C)(C)CC(C)(CC)C(C)(O)C(=O)C(C)(CC)CC(C)(C)S. The lowest BCUT2D eigenvalue weighted by Gasteiger charge is -2.52. The highest BCUT2D eigenvalue weighted by molar-refractivity contribution is 7.81. The quantitative estimate of drug-likeness (QED) is 0.140. The molecule has 1 N–H and O–H groups in total. The average molecular weight is 507 g/mol. The fourth-order valence-corrected chi connectivity index (χ4v) is 5.79. The highest BCUT2D eigenvalue weighted by Crippen LogP contribution is 2.54. The maximum Gasteiger partial charge on any atom is 0.170 e. The molecule has 0 aliphatic heterocycles. The molecule has 4 atom stereocenters. The smallest absolute Gasteiger partial charge is 0.170 e.